The van der Waals surface area contributed by atoms with E-state index in [9.17, 15) is 0 Å². The lowest BCUT2D eigenvalue weighted by molar-refractivity contribution is 0.949. The van der Waals surface area contributed by atoms with Crippen LogP contribution in [0.3, 0.4) is 0 Å². The highest BCUT2D eigenvalue weighted by molar-refractivity contribution is 7.10. The molecule has 1 aromatic carbocycles. The molecule has 1 aromatic heterocycles. The molecule has 3 rings (SSSR count). The van der Waals surface area contributed by atoms with Crippen molar-refractivity contribution >= 4 is 17.0 Å². The van der Waals surface area contributed by atoms with Gasteiger partial charge in [0.15, 0.2) is 0 Å². The predicted octanol–water partition coefficient (Wildman–Crippen LogP) is 3.59. The third kappa shape index (κ3) is 2.20. The van der Waals surface area contributed by atoms with Crippen molar-refractivity contribution in [1.82, 2.24) is 4.98 Å². The first-order valence-electron chi connectivity index (χ1n) is 5.96. The van der Waals surface area contributed by atoms with Gasteiger partial charge < -0.3 is 4.90 Å². The van der Waals surface area contributed by atoms with Crippen molar-refractivity contribution in [3.8, 4) is 11.3 Å². The summed E-state index contributed by atoms with van der Waals surface area (Å²) in [6.45, 7) is 6.23. The van der Waals surface area contributed by atoms with Crippen LogP contribution in [-0.2, 0) is 0 Å². The summed E-state index contributed by atoms with van der Waals surface area (Å²) in [6, 6.07) is 8.70. The van der Waals surface area contributed by atoms with Gasteiger partial charge in [-0.15, -0.1) is 11.3 Å². The molecule has 0 bridgehead atoms. The maximum Gasteiger partial charge on any atom is 0.0936 e. The van der Waals surface area contributed by atoms with E-state index in [1.807, 2.05) is 0 Å². The quantitative estimate of drug-likeness (QED) is 0.801. The number of hydrogen-bond acceptors (Lipinski definition) is 3. The molecule has 1 fully saturated rings. The fourth-order valence-electron chi connectivity index (χ4n) is 2.26. The molecular weight excluding hydrogens is 228 g/mol. The number of benzene rings is 1. The fraction of sp³-hybridized carbons (Fsp3) is 0.286. The van der Waals surface area contributed by atoms with E-state index in [1.54, 1.807) is 11.3 Å². The van der Waals surface area contributed by atoms with Gasteiger partial charge in [0.1, 0.15) is 0 Å². The van der Waals surface area contributed by atoms with Gasteiger partial charge in [-0.2, -0.15) is 0 Å². The Morgan fingerprint density at radius 2 is 1.82 bits per heavy atom. The molecule has 17 heavy (non-hydrogen) atoms. The zero-order valence-electron chi connectivity index (χ0n) is 9.72. The molecule has 0 atom stereocenters. The van der Waals surface area contributed by atoms with Gasteiger partial charge in [-0.25, -0.2) is 4.98 Å². The molecule has 0 N–H and O–H groups in total. The summed E-state index contributed by atoms with van der Waals surface area (Å²) < 4.78 is 0. The molecular formula is C14H15N2S. The van der Waals surface area contributed by atoms with Gasteiger partial charge in [0.2, 0.25) is 0 Å². The lowest BCUT2D eigenvalue weighted by atomic mass is 10.1. The van der Waals surface area contributed by atoms with Crippen LogP contribution < -0.4 is 4.90 Å². The Balaban J connectivity index is 1.84. The van der Waals surface area contributed by atoms with Gasteiger partial charge in [-0.3, -0.25) is 0 Å². The van der Waals surface area contributed by atoms with Crippen molar-refractivity contribution in [1.29, 1.82) is 0 Å². The Kier molecular flexibility index (Phi) is 2.85. The van der Waals surface area contributed by atoms with Gasteiger partial charge in [0.25, 0.3) is 0 Å². The van der Waals surface area contributed by atoms with Crippen LogP contribution in [0.2, 0.25) is 0 Å². The maximum atomic E-state index is 4.40. The highest BCUT2D eigenvalue weighted by Crippen LogP contribution is 2.26. The minimum Gasteiger partial charge on any atom is -0.372 e. The van der Waals surface area contributed by atoms with Gasteiger partial charge >= 0.3 is 0 Å². The molecule has 0 amide bonds. The summed E-state index contributed by atoms with van der Waals surface area (Å²) in [5, 5.41) is 2.94. The van der Waals surface area contributed by atoms with Crippen LogP contribution in [0, 0.1) is 6.92 Å². The zero-order chi connectivity index (χ0) is 11.7. The van der Waals surface area contributed by atoms with E-state index in [0.29, 0.717) is 0 Å². The van der Waals surface area contributed by atoms with Crippen LogP contribution in [-0.4, -0.2) is 18.1 Å². The van der Waals surface area contributed by atoms with Crippen LogP contribution in [0.25, 0.3) is 11.3 Å². The third-order valence-electron chi connectivity index (χ3n) is 3.19. The largest absolute Gasteiger partial charge is 0.372 e. The summed E-state index contributed by atoms with van der Waals surface area (Å²) in [7, 11) is 0. The number of thiazole rings is 1. The Morgan fingerprint density at radius 3 is 2.41 bits per heavy atom. The molecule has 1 saturated heterocycles. The highest BCUT2D eigenvalue weighted by atomic mass is 32.1. The normalized spacial score (nSPS) is 15.5. The van der Waals surface area contributed by atoms with Crippen molar-refractivity contribution in [3.05, 3.63) is 41.6 Å². The van der Waals surface area contributed by atoms with Crippen LogP contribution in [0.5, 0.6) is 0 Å². The Labute approximate surface area is 106 Å². The van der Waals surface area contributed by atoms with Crippen LogP contribution in [0.1, 0.15) is 17.8 Å². The summed E-state index contributed by atoms with van der Waals surface area (Å²) >= 11 is 1.60. The molecule has 2 nitrogen and oxygen atoms in total. The van der Waals surface area contributed by atoms with E-state index in [0.717, 1.165) is 10.7 Å². The van der Waals surface area contributed by atoms with Crippen LogP contribution >= 0.6 is 11.3 Å². The minimum absolute atomic E-state index is 0.878. The zero-order valence-corrected chi connectivity index (χ0v) is 10.5. The average Bonchev–Trinajstić information content (AvgIpc) is 3.00. The molecule has 0 aliphatic carbocycles. The van der Waals surface area contributed by atoms with E-state index in [-0.39, 0.29) is 0 Å². The molecule has 1 radical (unpaired) electrons. The van der Waals surface area contributed by atoms with Crippen molar-refractivity contribution in [3.63, 3.8) is 0 Å². The summed E-state index contributed by atoms with van der Waals surface area (Å²) in [6.07, 6.45) is 2.64. The van der Waals surface area contributed by atoms with E-state index >= 15 is 0 Å². The number of aromatic nitrogens is 1. The number of hydrogen-bond donors (Lipinski definition) is 0. The van der Waals surface area contributed by atoms with Crippen molar-refractivity contribution in [2.75, 3.05) is 18.0 Å². The molecule has 2 heterocycles. The van der Waals surface area contributed by atoms with Gasteiger partial charge in [-0.05, 0) is 25.0 Å². The van der Waals surface area contributed by atoms with Crippen molar-refractivity contribution in [2.24, 2.45) is 0 Å². The fourth-order valence-corrected chi connectivity index (χ4v) is 2.85. The smallest absolute Gasteiger partial charge is 0.0936 e. The summed E-state index contributed by atoms with van der Waals surface area (Å²) in [4.78, 5) is 6.84. The number of anilines is 1. The molecule has 0 spiro atoms. The second-order valence-corrected chi connectivity index (χ2v) is 5.31. The SMILES string of the molecule is [CH2]c1nc(-c2ccc(N3CCCC3)cc2)cs1. The van der Waals surface area contributed by atoms with E-state index < -0.39 is 0 Å². The second-order valence-electron chi connectivity index (χ2n) is 4.37. The number of rotatable bonds is 2. The van der Waals surface area contributed by atoms with E-state index in [4.69, 9.17) is 0 Å². The van der Waals surface area contributed by atoms with Gasteiger partial charge in [-0.1, -0.05) is 12.1 Å². The highest BCUT2D eigenvalue weighted by Gasteiger charge is 2.12. The average molecular weight is 243 g/mol. The molecule has 0 saturated carbocycles. The van der Waals surface area contributed by atoms with E-state index in [2.05, 4.69) is 46.5 Å². The molecule has 1 aliphatic heterocycles. The molecule has 3 heteroatoms. The standard InChI is InChI=1S/C14H15N2S/c1-11-15-14(10-17-11)12-4-6-13(7-5-12)16-8-2-3-9-16/h4-7,10H,1-3,8-9H2. The van der Waals surface area contributed by atoms with Crippen molar-refractivity contribution in [2.45, 2.75) is 12.8 Å². The number of nitrogens with zero attached hydrogens (tertiary/aromatic N) is 2. The van der Waals surface area contributed by atoms with E-state index in [1.165, 1.54) is 37.2 Å². The Hall–Kier alpha value is -1.35. The van der Waals surface area contributed by atoms with Gasteiger partial charge in [0.05, 0.1) is 10.7 Å². The first-order valence-corrected chi connectivity index (χ1v) is 6.84. The monoisotopic (exact) mass is 243 g/mol. The summed E-state index contributed by atoms with van der Waals surface area (Å²) in [5.41, 5.74) is 3.54. The second kappa shape index (κ2) is 4.49. The van der Waals surface area contributed by atoms with Crippen LogP contribution in [0.15, 0.2) is 29.6 Å². The molecule has 1 aliphatic rings. The Morgan fingerprint density at radius 1 is 1.12 bits per heavy atom. The molecule has 87 valence electrons. The third-order valence-corrected chi connectivity index (χ3v) is 3.89. The lowest BCUT2D eigenvalue weighted by Gasteiger charge is -2.17. The first-order chi connectivity index (χ1) is 8.33. The first kappa shape index (κ1) is 10.8. The molecule has 0 unspecified atom stereocenters. The van der Waals surface area contributed by atoms with Crippen LogP contribution in [0.4, 0.5) is 5.69 Å². The maximum absolute atomic E-state index is 4.40. The summed E-state index contributed by atoms with van der Waals surface area (Å²) in [5.74, 6) is 0. The van der Waals surface area contributed by atoms with Crippen molar-refractivity contribution < 1.29 is 0 Å². The molecule has 2 aromatic rings. The predicted molar refractivity (Wildman–Crippen MR) is 73.5 cm³/mol. The topological polar surface area (TPSA) is 16.1 Å². The minimum atomic E-state index is 0.878. The lowest BCUT2D eigenvalue weighted by Crippen LogP contribution is -2.17. The Bertz CT molecular complexity index is 495. The van der Waals surface area contributed by atoms with Gasteiger partial charge in [0, 0.05) is 36.6 Å².